The molecule has 0 amide bonds. The van der Waals surface area contributed by atoms with Gasteiger partial charge in [0.15, 0.2) is 25.1 Å². The summed E-state index contributed by atoms with van der Waals surface area (Å²) in [5, 5.41) is 20.6. The van der Waals surface area contributed by atoms with E-state index in [0.717, 1.165) is 6.07 Å². The molecule has 0 saturated heterocycles. The number of rotatable bonds is 9. The summed E-state index contributed by atoms with van der Waals surface area (Å²) >= 11 is 0. The van der Waals surface area contributed by atoms with Crippen molar-refractivity contribution in [3.05, 3.63) is 21.7 Å². The molecule has 0 radical (unpaired) electrons. The lowest BCUT2D eigenvalue weighted by atomic mass is 10.1. The Balaban J connectivity index is 3.42. The predicted molar refractivity (Wildman–Crippen MR) is 70.6 cm³/mol. The molecule has 21 heavy (non-hydrogen) atoms. The van der Waals surface area contributed by atoms with Crippen LogP contribution in [-0.2, 0) is 16.1 Å². The van der Waals surface area contributed by atoms with Gasteiger partial charge in [-0.05, 0) is 0 Å². The van der Waals surface area contributed by atoms with Crippen LogP contribution in [0.5, 0.6) is 17.2 Å². The Bertz CT molecular complexity index is 491. The molecule has 0 aliphatic rings. The van der Waals surface area contributed by atoms with Crippen molar-refractivity contribution in [2.24, 2.45) is 0 Å². The van der Waals surface area contributed by atoms with E-state index in [4.69, 9.17) is 23.7 Å². The van der Waals surface area contributed by atoms with Crippen LogP contribution < -0.4 is 14.2 Å². The zero-order chi connectivity index (χ0) is 15.8. The van der Waals surface area contributed by atoms with E-state index in [1.54, 1.807) is 0 Å². The molecule has 0 spiro atoms. The highest BCUT2D eigenvalue weighted by Gasteiger charge is 2.27. The number of aliphatic hydroxyl groups excluding tert-OH is 1. The molecule has 1 aromatic carbocycles. The second-order valence-electron chi connectivity index (χ2n) is 3.75. The summed E-state index contributed by atoms with van der Waals surface area (Å²) < 4.78 is 25.0. The van der Waals surface area contributed by atoms with E-state index in [2.05, 4.69) is 0 Å². The second kappa shape index (κ2) is 8.25. The molecule has 0 aliphatic heterocycles. The topological polar surface area (TPSA) is 110 Å². The Labute approximate surface area is 121 Å². The van der Waals surface area contributed by atoms with E-state index >= 15 is 0 Å². The Hall–Kier alpha value is -2.10. The molecule has 9 heteroatoms. The molecule has 0 aliphatic carbocycles. The zero-order valence-electron chi connectivity index (χ0n) is 12.0. The first kappa shape index (κ1) is 17.0. The van der Waals surface area contributed by atoms with Crippen LogP contribution in [0, 0.1) is 10.1 Å². The fourth-order valence-electron chi connectivity index (χ4n) is 1.67. The van der Waals surface area contributed by atoms with Crippen LogP contribution in [-0.4, -0.2) is 44.9 Å². The summed E-state index contributed by atoms with van der Waals surface area (Å²) in [7, 11) is 4.13. The summed E-state index contributed by atoms with van der Waals surface area (Å²) in [5.74, 6) is 0.0667. The molecule has 0 atom stereocenters. The summed E-state index contributed by atoms with van der Waals surface area (Å²) in [6.45, 7) is -0.876. The van der Waals surface area contributed by atoms with Crippen molar-refractivity contribution in [3.63, 3.8) is 0 Å². The van der Waals surface area contributed by atoms with E-state index in [1.165, 1.54) is 21.3 Å². The van der Waals surface area contributed by atoms with Crippen LogP contribution in [0.25, 0.3) is 0 Å². The first-order valence-electron chi connectivity index (χ1n) is 5.83. The van der Waals surface area contributed by atoms with Crippen LogP contribution in [0.2, 0.25) is 0 Å². The number of hydrogen-bond donors (Lipinski definition) is 1. The van der Waals surface area contributed by atoms with Gasteiger partial charge in [-0.2, -0.15) is 0 Å². The van der Waals surface area contributed by atoms with Gasteiger partial charge in [-0.15, -0.1) is 0 Å². The van der Waals surface area contributed by atoms with Gasteiger partial charge in [-0.25, -0.2) is 0 Å². The van der Waals surface area contributed by atoms with Gasteiger partial charge < -0.3 is 28.8 Å². The zero-order valence-corrected chi connectivity index (χ0v) is 12.0. The number of benzene rings is 1. The van der Waals surface area contributed by atoms with E-state index in [9.17, 15) is 15.2 Å². The van der Waals surface area contributed by atoms with Crippen LogP contribution in [0.1, 0.15) is 5.56 Å². The Morgan fingerprint density at radius 1 is 1.14 bits per heavy atom. The average Bonchev–Trinajstić information content (AvgIpc) is 2.49. The molecule has 0 saturated carbocycles. The Kier molecular flexibility index (Phi) is 6.66. The third-order valence-electron chi connectivity index (χ3n) is 2.48. The second-order valence-corrected chi connectivity index (χ2v) is 3.75. The van der Waals surface area contributed by atoms with Crippen molar-refractivity contribution in [1.29, 1.82) is 0 Å². The average molecular weight is 303 g/mol. The molecule has 0 bridgehead atoms. The summed E-state index contributed by atoms with van der Waals surface area (Å²) in [5.41, 5.74) is -0.280. The lowest BCUT2D eigenvalue weighted by Gasteiger charge is -2.17. The minimum Gasteiger partial charge on any atom is -0.492 e. The van der Waals surface area contributed by atoms with Crippen molar-refractivity contribution in [1.82, 2.24) is 0 Å². The highest BCUT2D eigenvalue weighted by molar-refractivity contribution is 5.64. The molecule has 0 fully saturated rings. The number of methoxy groups -OCH3 is 3. The lowest BCUT2D eigenvalue weighted by molar-refractivity contribution is -0.386. The maximum absolute atomic E-state index is 11.2. The van der Waals surface area contributed by atoms with E-state index < -0.39 is 11.5 Å². The molecule has 1 N–H and O–H groups in total. The Morgan fingerprint density at radius 3 is 2.24 bits per heavy atom. The SMILES string of the molecule is COCOc1cc([N+](=O)[O-])c(OCOC)c(CO)c1OC. The summed E-state index contributed by atoms with van der Waals surface area (Å²) in [6.07, 6.45) is 0. The van der Waals surface area contributed by atoms with Crippen molar-refractivity contribution in [3.8, 4) is 17.2 Å². The van der Waals surface area contributed by atoms with Crippen molar-refractivity contribution in [2.45, 2.75) is 6.61 Å². The predicted octanol–water partition coefficient (Wildman–Crippen LogP) is 1.06. The van der Waals surface area contributed by atoms with E-state index in [-0.39, 0.29) is 42.1 Å². The first-order chi connectivity index (χ1) is 10.1. The van der Waals surface area contributed by atoms with Crippen LogP contribution >= 0.6 is 0 Å². The standard InChI is InChI=1S/C12H17NO8/c1-17-6-20-10-4-9(13(15)16)11(21-7-18-2)8(5-14)12(10)19-3/h4,14H,5-7H2,1-3H3. The maximum Gasteiger partial charge on any atom is 0.315 e. The highest BCUT2D eigenvalue weighted by Crippen LogP contribution is 2.44. The number of nitro groups is 1. The summed E-state index contributed by atoms with van der Waals surface area (Å²) in [6, 6.07) is 1.14. The quantitative estimate of drug-likeness (QED) is 0.409. The van der Waals surface area contributed by atoms with Gasteiger partial charge in [-0.3, -0.25) is 10.1 Å². The fraction of sp³-hybridized carbons (Fsp3) is 0.500. The summed E-state index contributed by atoms with van der Waals surface area (Å²) in [4.78, 5) is 10.5. The monoisotopic (exact) mass is 303 g/mol. The van der Waals surface area contributed by atoms with Gasteiger partial charge in [0, 0.05) is 14.2 Å². The Morgan fingerprint density at radius 2 is 1.76 bits per heavy atom. The number of aliphatic hydroxyl groups is 1. The third kappa shape index (κ3) is 3.94. The molecule has 9 nitrogen and oxygen atoms in total. The number of hydrogen-bond acceptors (Lipinski definition) is 8. The van der Waals surface area contributed by atoms with Gasteiger partial charge in [0.2, 0.25) is 5.75 Å². The normalized spacial score (nSPS) is 10.3. The molecule has 0 unspecified atom stereocenters. The van der Waals surface area contributed by atoms with Gasteiger partial charge >= 0.3 is 5.69 Å². The number of nitro benzene ring substituents is 1. The van der Waals surface area contributed by atoms with E-state index in [1.807, 2.05) is 0 Å². The van der Waals surface area contributed by atoms with Gasteiger partial charge in [0.05, 0.1) is 30.3 Å². The van der Waals surface area contributed by atoms with E-state index in [0.29, 0.717) is 0 Å². The van der Waals surface area contributed by atoms with Crippen LogP contribution in [0.15, 0.2) is 6.07 Å². The van der Waals surface area contributed by atoms with Gasteiger partial charge in [0.25, 0.3) is 0 Å². The molecule has 0 aromatic heterocycles. The fourth-order valence-corrected chi connectivity index (χ4v) is 1.67. The molecule has 0 heterocycles. The van der Waals surface area contributed by atoms with Crippen LogP contribution in [0.4, 0.5) is 5.69 Å². The molecule has 1 rings (SSSR count). The highest BCUT2D eigenvalue weighted by atomic mass is 16.7. The minimum atomic E-state index is -0.650. The van der Waals surface area contributed by atoms with Gasteiger partial charge in [-0.1, -0.05) is 0 Å². The number of ether oxygens (including phenoxy) is 5. The molecule has 118 valence electrons. The molecule has 1 aromatic rings. The minimum absolute atomic E-state index is 0.0693. The smallest absolute Gasteiger partial charge is 0.315 e. The first-order valence-corrected chi connectivity index (χ1v) is 5.83. The third-order valence-corrected chi connectivity index (χ3v) is 2.48. The number of nitrogens with zero attached hydrogens (tertiary/aromatic N) is 1. The van der Waals surface area contributed by atoms with Gasteiger partial charge in [0.1, 0.15) is 0 Å². The largest absolute Gasteiger partial charge is 0.492 e. The maximum atomic E-state index is 11.2. The molecular weight excluding hydrogens is 286 g/mol. The van der Waals surface area contributed by atoms with Crippen molar-refractivity contribution < 1.29 is 33.7 Å². The van der Waals surface area contributed by atoms with Crippen molar-refractivity contribution >= 4 is 5.69 Å². The lowest BCUT2D eigenvalue weighted by Crippen LogP contribution is -2.09. The molecular formula is C12H17NO8. The van der Waals surface area contributed by atoms with Crippen LogP contribution in [0.3, 0.4) is 0 Å². The van der Waals surface area contributed by atoms with Crippen molar-refractivity contribution in [2.75, 3.05) is 34.9 Å².